The lowest BCUT2D eigenvalue weighted by atomic mass is 10.1. The van der Waals surface area contributed by atoms with Crippen LogP contribution in [0.4, 0.5) is 5.82 Å². The van der Waals surface area contributed by atoms with Crippen LogP contribution in [0.5, 0.6) is 0 Å². The maximum atomic E-state index is 6.04. The second kappa shape index (κ2) is 6.25. The topological polar surface area (TPSA) is 85.8 Å². The van der Waals surface area contributed by atoms with E-state index in [4.69, 9.17) is 10.8 Å². The van der Waals surface area contributed by atoms with Gasteiger partial charge in [0.1, 0.15) is 17.3 Å². The first-order chi connectivity index (χ1) is 12.1. The lowest BCUT2D eigenvalue weighted by Crippen LogP contribution is -2.34. The van der Waals surface area contributed by atoms with E-state index >= 15 is 0 Å². The van der Waals surface area contributed by atoms with Gasteiger partial charge in [0.2, 0.25) is 0 Å². The van der Waals surface area contributed by atoms with Gasteiger partial charge in [-0.2, -0.15) is 5.10 Å². The molecule has 25 heavy (non-hydrogen) atoms. The SMILES string of the molecule is Cc1ncc(CN2CCn3nc(-c4ccccn4)c(C)c3C2)c(N)n1. The van der Waals surface area contributed by atoms with E-state index in [2.05, 4.69) is 31.5 Å². The Labute approximate surface area is 146 Å². The number of pyridine rings is 1. The van der Waals surface area contributed by atoms with Crippen LogP contribution in [0, 0.1) is 13.8 Å². The summed E-state index contributed by atoms with van der Waals surface area (Å²) in [7, 11) is 0. The third kappa shape index (κ3) is 2.98. The van der Waals surface area contributed by atoms with Crippen LogP contribution in [0.1, 0.15) is 22.6 Å². The molecule has 1 aliphatic rings. The first-order valence-corrected chi connectivity index (χ1v) is 8.40. The Morgan fingerprint density at radius 1 is 1.16 bits per heavy atom. The van der Waals surface area contributed by atoms with Crippen molar-refractivity contribution in [3.63, 3.8) is 0 Å². The Hall–Kier alpha value is -2.80. The zero-order valence-corrected chi connectivity index (χ0v) is 14.5. The zero-order valence-electron chi connectivity index (χ0n) is 14.5. The van der Waals surface area contributed by atoms with E-state index in [1.165, 1.54) is 11.3 Å². The van der Waals surface area contributed by atoms with Gasteiger partial charge in [-0.25, -0.2) is 9.97 Å². The van der Waals surface area contributed by atoms with Gasteiger partial charge in [-0.1, -0.05) is 6.07 Å². The van der Waals surface area contributed by atoms with E-state index in [1.54, 1.807) is 6.20 Å². The summed E-state index contributed by atoms with van der Waals surface area (Å²) in [5.41, 5.74) is 11.3. The number of fused-ring (bicyclic) bond motifs is 1. The van der Waals surface area contributed by atoms with Crippen molar-refractivity contribution < 1.29 is 0 Å². The minimum Gasteiger partial charge on any atom is -0.383 e. The number of nitrogen functional groups attached to an aromatic ring is 1. The standard InChI is InChI=1S/C18H21N7/c1-12-16-11-24(10-14-9-21-13(2)22-18(14)19)7-8-25(16)23-17(12)15-5-3-4-6-20-15/h3-6,9H,7-8,10-11H2,1-2H3,(H2,19,21,22). The molecular weight excluding hydrogens is 314 g/mol. The molecule has 0 amide bonds. The minimum atomic E-state index is 0.567. The molecule has 7 nitrogen and oxygen atoms in total. The lowest BCUT2D eigenvalue weighted by molar-refractivity contribution is 0.204. The maximum Gasteiger partial charge on any atom is 0.131 e. The summed E-state index contributed by atoms with van der Waals surface area (Å²) >= 11 is 0. The number of aromatic nitrogens is 5. The molecule has 0 aliphatic carbocycles. The molecule has 1 aliphatic heterocycles. The average Bonchev–Trinajstić information content (AvgIpc) is 2.95. The molecule has 0 atom stereocenters. The highest BCUT2D eigenvalue weighted by atomic mass is 15.3. The van der Waals surface area contributed by atoms with Gasteiger partial charge in [-0.05, 0) is 26.0 Å². The zero-order chi connectivity index (χ0) is 17.4. The first-order valence-electron chi connectivity index (χ1n) is 8.40. The van der Waals surface area contributed by atoms with Crippen molar-refractivity contribution >= 4 is 5.82 Å². The third-order valence-corrected chi connectivity index (χ3v) is 4.64. The van der Waals surface area contributed by atoms with Gasteiger partial charge in [-0.15, -0.1) is 0 Å². The average molecular weight is 335 g/mol. The summed E-state index contributed by atoms with van der Waals surface area (Å²) in [6.07, 6.45) is 3.63. The van der Waals surface area contributed by atoms with Crippen LogP contribution in [-0.2, 0) is 19.6 Å². The fraction of sp³-hybridized carbons (Fsp3) is 0.333. The molecule has 7 heteroatoms. The lowest BCUT2D eigenvalue weighted by Gasteiger charge is -2.28. The number of rotatable bonds is 3. The van der Waals surface area contributed by atoms with Crippen molar-refractivity contribution in [3.8, 4) is 11.4 Å². The summed E-state index contributed by atoms with van der Waals surface area (Å²) in [5, 5.41) is 4.77. The molecule has 3 aromatic heterocycles. The molecule has 0 saturated heterocycles. The Kier molecular flexibility index (Phi) is 3.93. The molecule has 0 spiro atoms. The number of nitrogens with zero attached hydrogens (tertiary/aromatic N) is 6. The van der Waals surface area contributed by atoms with E-state index in [1.807, 2.05) is 31.3 Å². The van der Waals surface area contributed by atoms with Crippen LogP contribution >= 0.6 is 0 Å². The van der Waals surface area contributed by atoms with Gasteiger partial charge in [-0.3, -0.25) is 14.6 Å². The van der Waals surface area contributed by atoms with Gasteiger partial charge < -0.3 is 5.73 Å². The Bertz CT molecular complexity index is 901. The van der Waals surface area contributed by atoms with Gasteiger partial charge in [0, 0.05) is 43.2 Å². The Morgan fingerprint density at radius 3 is 2.80 bits per heavy atom. The predicted octanol–water partition coefficient (Wildman–Crippen LogP) is 1.95. The first kappa shape index (κ1) is 15.7. The quantitative estimate of drug-likeness (QED) is 0.787. The van der Waals surface area contributed by atoms with E-state index in [9.17, 15) is 0 Å². The second-order valence-corrected chi connectivity index (χ2v) is 6.40. The summed E-state index contributed by atoms with van der Waals surface area (Å²) < 4.78 is 2.10. The third-order valence-electron chi connectivity index (χ3n) is 4.64. The fourth-order valence-electron chi connectivity index (χ4n) is 3.25. The van der Waals surface area contributed by atoms with Crippen molar-refractivity contribution in [1.82, 2.24) is 29.6 Å². The number of nitrogens with two attached hydrogens (primary N) is 1. The van der Waals surface area contributed by atoms with Gasteiger partial charge in [0.25, 0.3) is 0 Å². The fourth-order valence-corrected chi connectivity index (χ4v) is 3.25. The molecule has 0 unspecified atom stereocenters. The summed E-state index contributed by atoms with van der Waals surface area (Å²) in [6.45, 7) is 7.32. The van der Waals surface area contributed by atoms with Crippen molar-refractivity contribution in [2.24, 2.45) is 0 Å². The van der Waals surface area contributed by atoms with Crippen LogP contribution in [0.3, 0.4) is 0 Å². The van der Waals surface area contributed by atoms with E-state index < -0.39 is 0 Å². The van der Waals surface area contributed by atoms with E-state index in [0.29, 0.717) is 11.6 Å². The van der Waals surface area contributed by atoms with E-state index in [0.717, 1.165) is 43.1 Å². The van der Waals surface area contributed by atoms with Crippen molar-refractivity contribution in [3.05, 3.63) is 53.2 Å². The molecule has 4 rings (SSSR count). The maximum absolute atomic E-state index is 6.04. The molecule has 0 saturated carbocycles. The van der Waals surface area contributed by atoms with Crippen LogP contribution in [-0.4, -0.2) is 36.2 Å². The van der Waals surface area contributed by atoms with Crippen molar-refractivity contribution in [1.29, 1.82) is 0 Å². The highest BCUT2D eigenvalue weighted by molar-refractivity contribution is 5.59. The smallest absolute Gasteiger partial charge is 0.131 e. The normalized spacial score (nSPS) is 14.5. The highest BCUT2D eigenvalue weighted by Gasteiger charge is 2.23. The Morgan fingerprint density at radius 2 is 2.04 bits per heavy atom. The van der Waals surface area contributed by atoms with Crippen LogP contribution in [0.2, 0.25) is 0 Å². The Balaban J connectivity index is 1.58. The second-order valence-electron chi connectivity index (χ2n) is 6.40. The van der Waals surface area contributed by atoms with Crippen LogP contribution < -0.4 is 5.73 Å². The summed E-state index contributed by atoms with van der Waals surface area (Å²) in [5.74, 6) is 1.27. The van der Waals surface area contributed by atoms with Crippen LogP contribution in [0.25, 0.3) is 11.4 Å². The molecule has 0 fully saturated rings. The molecule has 128 valence electrons. The van der Waals surface area contributed by atoms with Crippen LogP contribution in [0.15, 0.2) is 30.6 Å². The molecule has 0 radical (unpaired) electrons. The highest BCUT2D eigenvalue weighted by Crippen LogP contribution is 2.27. The molecular formula is C18H21N7. The van der Waals surface area contributed by atoms with E-state index in [-0.39, 0.29) is 0 Å². The summed E-state index contributed by atoms with van der Waals surface area (Å²) in [6, 6.07) is 5.92. The molecule has 4 heterocycles. The minimum absolute atomic E-state index is 0.567. The number of hydrogen-bond donors (Lipinski definition) is 1. The largest absolute Gasteiger partial charge is 0.383 e. The molecule has 3 aromatic rings. The van der Waals surface area contributed by atoms with Crippen molar-refractivity contribution in [2.45, 2.75) is 33.5 Å². The number of anilines is 1. The van der Waals surface area contributed by atoms with Gasteiger partial charge in [0.05, 0.1) is 17.9 Å². The number of hydrogen-bond acceptors (Lipinski definition) is 6. The number of aryl methyl sites for hydroxylation is 1. The molecule has 0 bridgehead atoms. The molecule has 2 N–H and O–H groups in total. The monoisotopic (exact) mass is 335 g/mol. The predicted molar refractivity (Wildman–Crippen MR) is 95.5 cm³/mol. The molecule has 0 aromatic carbocycles. The van der Waals surface area contributed by atoms with Gasteiger partial charge >= 0.3 is 0 Å². The van der Waals surface area contributed by atoms with Gasteiger partial charge in [0.15, 0.2) is 0 Å². The summed E-state index contributed by atoms with van der Waals surface area (Å²) in [4.78, 5) is 15.3. The van der Waals surface area contributed by atoms with Crippen molar-refractivity contribution in [2.75, 3.05) is 12.3 Å².